The first-order valence-electron chi connectivity index (χ1n) is 6.05. The minimum absolute atomic E-state index is 0.0473. The normalized spacial score (nSPS) is 23.7. The molecule has 98 valence electrons. The topological polar surface area (TPSA) is 41.1 Å². The lowest BCUT2D eigenvalue weighted by atomic mass is 9.94. The van der Waals surface area contributed by atoms with Crippen molar-refractivity contribution in [2.75, 3.05) is 13.1 Å². The molecule has 0 aromatic heterocycles. The van der Waals surface area contributed by atoms with Crippen LogP contribution in [0.25, 0.3) is 0 Å². The maximum atomic E-state index is 13.5. The molecule has 0 aliphatic carbocycles. The minimum Gasteiger partial charge on any atom is -0.348 e. The molecule has 0 radical (unpaired) electrons. The highest BCUT2D eigenvalue weighted by atomic mass is 19.2. The lowest BCUT2D eigenvalue weighted by Crippen LogP contribution is -2.50. The van der Waals surface area contributed by atoms with E-state index in [0.29, 0.717) is 12.5 Å². The fourth-order valence-electron chi connectivity index (χ4n) is 2.11. The average Bonchev–Trinajstić information content (AvgIpc) is 2.35. The monoisotopic (exact) mass is 254 g/mol. The van der Waals surface area contributed by atoms with Crippen LogP contribution in [0.1, 0.15) is 23.7 Å². The Bertz CT molecular complexity index is 451. The summed E-state index contributed by atoms with van der Waals surface area (Å²) >= 11 is 0. The summed E-state index contributed by atoms with van der Waals surface area (Å²) in [5.74, 6) is -2.33. The second kappa shape index (κ2) is 5.44. The summed E-state index contributed by atoms with van der Waals surface area (Å²) < 4.78 is 26.5. The number of nitrogens with one attached hydrogen (secondary N) is 2. The molecule has 1 amide bonds. The summed E-state index contributed by atoms with van der Waals surface area (Å²) in [6.45, 7) is 3.61. The third-order valence-corrected chi connectivity index (χ3v) is 3.34. The SMILES string of the molecule is C[C@@H]1CCNC[C@H]1NC(=O)c1cccc(F)c1F. The molecule has 18 heavy (non-hydrogen) atoms. The summed E-state index contributed by atoms with van der Waals surface area (Å²) in [4.78, 5) is 11.9. The van der Waals surface area contributed by atoms with Gasteiger partial charge in [0.05, 0.1) is 5.56 Å². The molecule has 1 heterocycles. The first kappa shape index (κ1) is 13.0. The molecule has 2 N–H and O–H groups in total. The highest BCUT2D eigenvalue weighted by Gasteiger charge is 2.24. The van der Waals surface area contributed by atoms with E-state index in [2.05, 4.69) is 10.6 Å². The van der Waals surface area contributed by atoms with E-state index in [-0.39, 0.29) is 11.6 Å². The molecule has 1 aromatic rings. The molecule has 1 fully saturated rings. The van der Waals surface area contributed by atoms with Crippen LogP contribution in [0.2, 0.25) is 0 Å². The number of hydrogen-bond donors (Lipinski definition) is 2. The van der Waals surface area contributed by atoms with Gasteiger partial charge in [-0.05, 0) is 31.0 Å². The molecule has 1 aliphatic heterocycles. The molecule has 1 aromatic carbocycles. The van der Waals surface area contributed by atoms with Crippen LogP contribution in [0.5, 0.6) is 0 Å². The average molecular weight is 254 g/mol. The van der Waals surface area contributed by atoms with E-state index in [1.807, 2.05) is 6.92 Å². The lowest BCUT2D eigenvalue weighted by Gasteiger charge is -2.30. The molecule has 0 saturated carbocycles. The van der Waals surface area contributed by atoms with E-state index < -0.39 is 17.5 Å². The molecule has 0 bridgehead atoms. The number of rotatable bonds is 2. The fraction of sp³-hybridized carbons (Fsp3) is 0.462. The van der Waals surface area contributed by atoms with Gasteiger partial charge in [0.1, 0.15) is 0 Å². The predicted octanol–water partition coefficient (Wildman–Crippen LogP) is 1.69. The molecule has 5 heteroatoms. The van der Waals surface area contributed by atoms with Crippen molar-refractivity contribution in [3.05, 3.63) is 35.4 Å². The Morgan fingerprint density at radius 2 is 2.22 bits per heavy atom. The standard InChI is InChI=1S/C13H16F2N2O/c1-8-5-6-16-7-11(8)17-13(18)9-3-2-4-10(14)12(9)15/h2-4,8,11,16H,5-7H2,1H3,(H,17,18)/t8-,11-/m1/s1. The predicted molar refractivity (Wildman–Crippen MR) is 64.3 cm³/mol. The van der Waals surface area contributed by atoms with Crippen LogP contribution in [0.15, 0.2) is 18.2 Å². The van der Waals surface area contributed by atoms with Crippen molar-refractivity contribution in [1.82, 2.24) is 10.6 Å². The van der Waals surface area contributed by atoms with Crippen molar-refractivity contribution in [2.24, 2.45) is 5.92 Å². The zero-order chi connectivity index (χ0) is 13.1. The van der Waals surface area contributed by atoms with Gasteiger partial charge in [-0.1, -0.05) is 13.0 Å². The maximum Gasteiger partial charge on any atom is 0.254 e. The Labute approximate surface area is 105 Å². The van der Waals surface area contributed by atoms with Crippen LogP contribution in [-0.2, 0) is 0 Å². The van der Waals surface area contributed by atoms with Gasteiger partial charge >= 0.3 is 0 Å². The molecule has 0 spiro atoms. The van der Waals surface area contributed by atoms with E-state index in [9.17, 15) is 13.6 Å². The summed E-state index contributed by atoms with van der Waals surface area (Å²) in [5, 5.41) is 5.91. The second-order valence-electron chi connectivity index (χ2n) is 4.65. The Balaban J connectivity index is 2.09. The van der Waals surface area contributed by atoms with E-state index in [4.69, 9.17) is 0 Å². The van der Waals surface area contributed by atoms with Crippen LogP contribution in [-0.4, -0.2) is 25.0 Å². The Morgan fingerprint density at radius 1 is 1.44 bits per heavy atom. The highest BCUT2D eigenvalue weighted by Crippen LogP contribution is 2.14. The van der Waals surface area contributed by atoms with Gasteiger partial charge < -0.3 is 10.6 Å². The first-order chi connectivity index (χ1) is 8.59. The zero-order valence-electron chi connectivity index (χ0n) is 10.2. The fourth-order valence-corrected chi connectivity index (χ4v) is 2.11. The first-order valence-corrected chi connectivity index (χ1v) is 6.05. The van der Waals surface area contributed by atoms with Crippen molar-refractivity contribution < 1.29 is 13.6 Å². The lowest BCUT2D eigenvalue weighted by molar-refractivity contribution is 0.0910. The van der Waals surface area contributed by atoms with E-state index in [0.717, 1.165) is 19.0 Å². The van der Waals surface area contributed by atoms with Gasteiger partial charge in [0, 0.05) is 12.6 Å². The number of piperidine rings is 1. The van der Waals surface area contributed by atoms with Gasteiger partial charge in [-0.2, -0.15) is 0 Å². The van der Waals surface area contributed by atoms with E-state index in [1.54, 1.807) is 0 Å². The Kier molecular flexibility index (Phi) is 3.91. The van der Waals surface area contributed by atoms with Gasteiger partial charge in [0.15, 0.2) is 11.6 Å². The summed E-state index contributed by atoms with van der Waals surface area (Å²) in [6.07, 6.45) is 0.955. The molecule has 1 aliphatic rings. The van der Waals surface area contributed by atoms with Gasteiger partial charge in [-0.15, -0.1) is 0 Å². The van der Waals surface area contributed by atoms with E-state index in [1.165, 1.54) is 12.1 Å². The van der Waals surface area contributed by atoms with Crippen LogP contribution in [0.4, 0.5) is 8.78 Å². The van der Waals surface area contributed by atoms with Crippen LogP contribution in [0.3, 0.4) is 0 Å². The minimum atomic E-state index is -1.09. The van der Waals surface area contributed by atoms with Gasteiger partial charge in [-0.25, -0.2) is 8.78 Å². The molecule has 2 atom stereocenters. The molecule has 1 saturated heterocycles. The number of carbonyl (C=O) groups excluding carboxylic acids is 1. The van der Waals surface area contributed by atoms with Crippen LogP contribution >= 0.6 is 0 Å². The summed E-state index contributed by atoms with van der Waals surface area (Å²) in [5.41, 5.74) is -0.243. The number of halogens is 2. The third kappa shape index (κ3) is 2.67. The third-order valence-electron chi connectivity index (χ3n) is 3.34. The molecular weight excluding hydrogens is 238 g/mol. The zero-order valence-corrected chi connectivity index (χ0v) is 10.2. The maximum absolute atomic E-state index is 13.5. The number of carbonyl (C=O) groups is 1. The number of hydrogen-bond acceptors (Lipinski definition) is 2. The number of benzene rings is 1. The van der Waals surface area contributed by atoms with Crippen molar-refractivity contribution in [1.29, 1.82) is 0 Å². The highest BCUT2D eigenvalue weighted by molar-refractivity contribution is 5.94. The second-order valence-corrected chi connectivity index (χ2v) is 4.65. The Morgan fingerprint density at radius 3 is 2.94 bits per heavy atom. The van der Waals surface area contributed by atoms with Gasteiger partial charge in [0.25, 0.3) is 5.91 Å². The molecule has 3 nitrogen and oxygen atoms in total. The van der Waals surface area contributed by atoms with E-state index >= 15 is 0 Å². The number of amides is 1. The van der Waals surface area contributed by atoms with Crippen molar-refractivity contribution in [2.45, 2.75) is 19.4 Å². The molecular formula is C13H16F2N2O. The van der Waals surface area contributed by atoms with Gasteiger partial charge in [0.2, 0.25) is 0 Å². The van der Waals surface area contributed by atoms with Crippen LogP contribution < -0.4 is 10.6 Å². The largest absolute Gasteiger partial charge is 0.348 e. The van der Waals surface area contributed by atoms with Crippen molar-refractivity contribution in [3.8, 4) is 0 Å². The quantitative estimate of drug-likeness (QED) is 0.843. The van der Waals surface area contributed by atoms with Crippen molar-refractivity contribution in [3.63, 3.8) is 0 Å². The molecule has 2 rings (SSSR count). The van der Waals surface area contributed by atoms with Crippen molar-refractivity contribution >= 4 is 5.91 Å². The van der Waals surface area contributed by atoms with Crippen LogP contribution in [0, 0.1) is 17.6 Å². The summed E-state index contributed by atoms with van der Waals surface area (Å²) in [7, 11) is 0. The molecule has 0 unspecified atom stereocenters. The summed E-state index contributed by atoms with van der Waals surface area (Å²) in [6, 6.07) is 3.57. The smallest absolute Gasteiger partial charge is 0.254 e. The Hall–Kier alpha value is -1.49. The van der Waals surface area contributed by atoms with Gasteiger partial charge in [-0.3, -0.25) is 4.79 Å².